The molecule has 0 bridgehead atoms. The Balaban J connectivity index is 1.49. The van der Waals surface area contributed by atoms with Crippen LogP contribution in [-0.4, -0.2) is 11.1 Å². The minimum absolute atomic E-state index is 0.0922. The molecule has 1 atom stereocenters. The lowest BCUT2D eigenvalue weighted by molar-refractivity contribution is -0.147. The summed E-state index contributed by atoms with van der Waals surface area (Å²) in [6.07, 6.45) is -0.232. The highest BCUT2D eigenvalue weighted by atomic mass is 16.5. The van der Waals surface area contributed by atoms with Crippen molar-refractivity contribution in [1.82, 2.24) is 5.16 Å². The molecule has 1 aromatic heterocycles. The summed E-state index contributed by atoms with van der Waals surface area (Å²) < 4.78 is 10.8. The normalized spacial score (nSPS) is 12.4. The van der Waals surface area contributed by atoms with Gasteiger partial charge in [0.05, 0.1) is 6.42 Å². The molecular weight excluding hydrogens is 314 g/mol. The number of carbonyl (C=O) groups excluding carboxylic acids is 1. The first-order valence-electron chi connectivity index (χ1n) is 8.22. The van der Waals surface area contributed by atoms with Gasteiger partial charge in [-0.05, 0) is 41.5 Å². The van der Waals surface area contributed by atoms with Crippen molar-refractivity contribution in [3.05, 3.63) is 78.0 Å². The first-order chi connectivity index (χ1) is 12.2. The first kappa shape index (κ1) is 15.4. The van der Waals surface area contributed by atoms with Gasteiger partial charge in [-0.25, -0.2) is 0 Å². The molecule has 0 saturated carbocycles. The number of esters is 1. The third kappa shape index (κ3) is 3.11. The summed E-state index contributed by atoms with van der Waals surface area (Å²) in [6.45, 7) is 1.88. The second-order valence-electron chi connectivity index (χ2n) is 6.04. The fourth-order valence-electron chi connectivity index (χ4n) is 2.97. The van der Waals surface area contributed by atoms with Crippen molar-refractivity contribution in [3.8, 4) is 0 Å². The molecule has 0 fully saturated rings. The fraction of sp³-hybridized carbons (Fsp3) is 0.143. The number of nitrogens with zero attached hydrogens (tertiary/aromatic N) is 1. The molecule has 1 heterocycles. The molecule has 4 nitrogen and oxygen atoms in total. The summed E-state index contributed by atoms with van der Waals surface area (Å²) in [5.74, 6) is -0.320. The maximum atomic E-state index is 12.3. The minimum Gasteiger partial charge on any atom is -0.457 e. The first-order valence-corrected chi connectivity index (χ1v) is 8.22. The molecule has 1 unspecified atom stereocenters. The molecular formula is C21H17NO3. The van der Waals surface area contributed by atoms with Gasteiger partial charge in [0.1, 0.15) is 11.8 Å². The van der Waals surface area contributed by atoms with Gasteiger partial charge in [0.15, 0.2) is 5.58 Å². The molecule has 124 valence electrons. The van der Waals surface area contributed by atoms with Crippen LogP contribution in [0.1, 0.15) is 24.3 Å². The predicted octanol–water partition coefficient (Wildman–Crippen LogP) is 4.83. The molecule has 0 N–H and O–H groups in total. The van der Waals surface area contributed by atoms with Crippen molar-refractivity contribution in [1.29, 1.82) is 0 Å². The van der Waals surface area contributed by atoms with Gasteiger partial charge in [0.25, 0.3) is 0 Å². The molecule has 4 rings (SSSR count). The van der Waals surface area contributed by atoms with Gasteiger partial charge in [0.2, 0.25) is 0 Å². The zero-order valence-corrected chi connectivity index (χ0v) is 13.8. The highest BCUT2D eigenvalue weighted by molar-refractivity contribution is 5.85. The molecule has 0 saturated heterocycles. The third-order valence-electron chi connectivity index (χ3n) is 4.32. The van der Waals surface area contributed by atoms with E-state index in [1.165, 1.54) is 5.39 Å². The average molecular weight is 331 g/mol. The van der Waals surface area contributed by atoms with E-state index < -0.39 is 0 Å². The Hall–Kier alpha value is -3.14. The van der Waals surface area contributed by atoms with E-state index in [0.717, 1.165) is 16.3 Å². The summed E-state index contributed by atoms with van der Waals surface area (Å²) in [6, 6.07) is 21.7. The molecule has 4 heteroatoms. The smallest absolute Gasteiger partial charge is 0.312 e. The van der Waals surface area contributed by atoms with Crippen LogP contribution in [0.25, 0.3) is 21.7 Å². The molecule has 25 heavy (non-hydrogen) atoms. The van der Waals surface area contributed by atoms with Crippen molar-refractivity contribution >= 4 is 27.7 Å². The summed E-state index contributed by atoms with van der Waals surface area (Å²) in [4.78, 5) is 12.3. The second kappa shape index (κ2) is 6.40. The second-order valence-corrected chi connectivity index (χ2v) is 6.04. The Morgan fingerprint density at radius 2 is 1.80 bits per heavy atom. The molecule has 0 aliphatic rings. The molecule has 4 aromatic rings. The van der Waals surface area contributed by atoms with Gasteiger partial charge in [-0.2, -0.15) is 0 Å². The molecule has 0 spiro atoms. The topological polar surface area (TPSA) is 52.3 Å². The monoisotopic (exact) mass is 331 g/mol. The van der Waals surface area contributed by atoms with E-state index >= 15 is 0 Å². The highest BCUT2D eigenvalue weighted by Gasteiger charge is 2.16. The van der Waals surface area contributed by atoms with Crippen molar-refractivity contribution < 1.29 is 14.1 Å². The number of hydrogen-bond acceptors (Lipinski definition) is 4. The van der Waals surface area contributed by atoms with Gasteiger partial charge in [-0.15, -0.1) is 0 Å². The number of carbonyl (C=O) groups is 1. The Labute approximate surface area is 145 Å². The van der Waals surface area contributed by atoms with Gasteiger partial charge < -0.3 is 9.26 Å². The van der Waals surface area contributed by atoms with Crippen LogP contribution in [0, 0.1) is 0 Å². The molecule has 0 amide bonds. The predicted molar refractivity (Wildman–Crippen MR) is 96.2 cm³/mol. The number of fused-ring (bicyclic) bond motifs is 2. The maximum Gasteiger partial charge on any atom is 0.312 e. The van der Waals surface area contributed by atoms with Crippen LogP contribution in [-0.2, 0) is 16.0 Å². The standard InChI is InChI=1S/C21H17NO3/c1-14(16-11-10-15-6-2-3-7-17(15)12-16)24-21(23)13-19-18-8-4-5-9-20(18)25-22-19/h2-12,14H,13H2,1H3. The van der Waals surface area contributed by atoms with E-state index in [0.29, 0.717) is 11.3 Å². The van der Waals surface area contributed by atoms with E-state index in [1.54, 1.807) is 0 Å². The third-order valence-corrected chi connectivity index (χ3v) is 4.32. The number of rotatable bonds is 4. The van der Waals surface area contributed by atoms with E-state index in [-0.39, 0.29) is 18.5 Å². The fourth-order valence-corrected chi connectivity index (χ4v) is 2.97. The van der Waals surface area contributed by atoms with E-state index in [1.807, 2.05) is 55.5 Å². The summed E-state index contributed by atoms with van der Waals surface area (Å²) >= 11 is 0. The van der Waals surface area contributed by atoms with Crippen LogP contribution in [0.15, 0.2) is 71.3 Å². The molecule has 3 aromatic carbocycles. The van der Waals surface area contributed by atoms with Crippen molar-refractivity contribution in [2.45, 2.75) is 19.4 Å². The minimum atomic E-state index is -0.324. The zero-order chi connectivity index (χ0) is 17.2. The van der Waals surface area contributed by atoms with Crippen LogP contribution in [0.2, 0.25) is 0 Å². The zero-order valence-electron chi connectivity index (χ0n) is 13.8. The highest BCUT2D eigenvalue weighted by Crippen LogP contribution is 2.24. The Kier molecular flexibility index (Phi) is 3.94. The molecule has 0 aliphatic heterocycles. The number of benzene rings is 3. The van der Waals surface area contributed by atoms with Crippen molar-refractivity contribution in [2.75, 3.05) is 0 Å². The van der Waals surface area contributed by atoms with Crippen LogP contribution in [0.4, 0.5) is 0 Å². The average Bonchev–Trinajstić information content (AvgIpc) is 3.04. The lowest BCUT2D eigenvalue weighted by atomic mass is 10.0. The summed E-state index contributed by atoms with van der Waals surface area (Å²) in [5.41, 5.74) is 2.25. The number of hydrogen-bond donors (Lipinski definition) is 0. The SMILES string of the molecule is CC(OC(=O)Cc1noc2ccccc12)c1ccc2ccccc2c1. The summed E-state index contributed by atoms with van der Waals surface area (Å²) in [5, 5.41) is 7.12. The van der Waals surface area contributed by atoms with Gasteiger partial charge in [-0.3, -0.25) is 4.79 Å². The van der Waals surface area contributed by atoms with Crippen LogP contribution >= 0.6 is 0 Å². The molecule has 0 radical (unpaired) electrons. The number of para-hydroxylation sites is 1. The largest absolute Gasteiger partial charge is 0.457 e. The Bertz CT molecular complexity index is 1050. The van der Waals surface area contributed by atoms with E-state index in [4.69, 9.17) is 9.26 Å². The number of aromatic nitrogens is 1. The Morgan fingerprint density at radius 3 is 2.68 bits per heavy atom. The Morgan fingerprint density at radius 1 is 1.04 bits per heavy atom. The summed E-state index contributed by atoms with van der Waals surface area (Å²) in [7, 11) is 0. The molecule has 0 aliphatic carbocycles. The van der Waals surface area contributed by atoms with E-state index in [9.17, 15) is 4.79 Å². The van der Waals surface area contributed by atoms with Crippen LogP contribution in [0.5, 0.6) is 0 Å². The van der Waals surface area contributed by atoms with Gasteiger partial charge >= 0.3 is 5.97 Å². The van der Waals surface area contributed by atoms with Gasteiger partial charge in [0, 0.05) is 5.39 Å². The van der Waals surface area contributed by atoms with Gasteiger partial charge in [-0.1, -0.05) is 53.7 Å². The van der Waals surface area contributed by atoms with Crippen LogP contribution < -0.4 is 0 Å². The lowest BCUT2D eigenvalue weighted by Gasteiger charge is -2.14. The quantitative estimate of drug-likeness (QED) is 0.503. The maximum absolute atomic E-state index is 12.3. The van der Waals surface area contributed by atoms with Crippen molar-refractivity contribution in [3.63, 3.8) is 0 Å². The van der Waals surface area contributed by atoms with Crippen LogP contribution in [0.3, 0.4) is 0 Å². The van der Waals surface area contributed by atoms with E-state index in [2.05, 4.69) is 23.4 Å². The van der Waals surface area contributed by atoms with Crippen molar-refractivity contribution in [2.24, 2.45) is 0 Å². The lowest BCUT2D eigenvalue weighted by Crippen LogP contribution is -2.11. The number of ether oxygens (including phenoxy) is 1.